The molecule has 0 unspecified atom stereocenters. The molecule has 0 aliphatic carbocycles. The summed E-state index contributed by atoms with van der Waals surface area (Å²) in [5, 5.41) is 6.58. The van der Waals surface area contributed by atoms with Gasteiger partial charge in [-0.1, -0.05) is 12.1 Å². The number of thiophene rings is 2. The molecule has 7 heteroatoms. The lowest BCUT2D eigenvalue weighted by atomic mass is 10.1. The third-order valence-electron chi connectivity index (χ3n) is 6.31. The van der Waals surface area contributed by atoms with E-state index < -0.39 is 0 Å². The first-order chi connectivity index (χ1) is 16.3. The Morgan fingerprint density at radius 1 is 0.697 bits per heavy atom. The Morgan fingerprint density at radius 2 is 1.18 bits per heavy atom. The number of hydrogen-bond donors (Lipinski definition) is 0. The summed E-state index contributed by atoms with van der Waals surface area (Å²) in [7, 11) is 0. The zero-order chi connectivity index (χ0) is 21.9. The summed E-state index contributed by atoms with van der Waals surface area (Å²) in [5.74, 6) is 3.44. The van der Waals surface area contributed by atoms with Crippen LogP contribution in [-0.4, -0.2) is 31.0 Å². The SMILES string of the molecule is CCn1c2ccc(-c3scc4c3OCCO4)cc2c2cc(-c3scc4c3OCCO4)ccc21. The summed E-state index contributed by atoms with van der Waals surface area (Å²) in [6.45, 7) is 5.51. The van der Waals surface area contributed by atoms with Gasteiger partial charge in [-0.25, -0.2) is 0 Å². The van der Waals surface area contributed by atoms with Crippen molar-refractivity contribution in [3.63, 3.8) is 0 Å². The van der Waals surface area contributed by atoms with Gasteiger partial charge < -0.3 is 23.5 Å². The molecule has 33 heavy (non-hydrogen) atoms. The van der Waals surface area contributed by atoms with Gasteiger partial charge in [-0.3, -0.25) is 0 Å². The highest BCUT2D eigenvalue weighted by Gasteiger charge is 2.23. The van der Waals surface area contributed by atoms with Gasteiger partial charge in [0.1, 0.15) is 26.4 Å². The molecule has 166 valence electrons. The molecule has 0 spiro atoms. The maximum absolute atomic E-state index is 5.95. The Bertz CT molecular complexity index is 1420. The lowest BCUT2D eigenvalue weighted by molar-refractivity contribution is 0.174. The van der Waals surface area contributed by atoms with E-state index in [9.17, 15) is 0 Å². The Hall–Kier alpha value is -3.16. The van der Waals surface area contributed by atoms with Crippen molar-refractivity contribution in [3.8, 4) is 43.9 Å². The summed E-state index contributed by atoms with van der Waals surface area (Å²) in [5.41, 5.74) is 4.79. The number of ether oxygens (including phenoxy) is 4. The van der Waals surface area contributed by atoms with E-state index >= 15 is 0 Å². The number of nitrogens with zero attached hydrogens (tertiary/aromatic N) is 1. The van der Waals surface area contributed by atoms with Crippen LogP contribution in [0.3, 0.4) is 0 Å². The maximum atomic E-state index is 5.95. The summed E-state index contributed by atoms with van der Waals surface area (Å²) in [6, 6.07) is 13.4. The second kappa shape index (κ2) is 7.43. The van der Waals surface area contributed by atoms with Gasteiger partial charge >= 0.3 is 0 Å². The topological polar surface area (TPSA) is 41.9 Å². The molecule has 0 atom stereocenters. The van der Waals surface area contributed by atoms with Crippen LogP contribution in [0.25, 0.3) is 42.7 Å². The van der Waals surface area contributed by atoms with Crippen molar-refractivity contribution in [1.29, 1.82) is 0 Å². The zero-order valence-corrected chi connectivity index (χ0v) is 19.7. The molecule has 7 rings (SSSR count). The van der Waals surface area contributed by atoms with Crippen LogP contribution in [0.2, 0.25) is 0 Å². The monoisotopic (exact) mass is 475 g/mol. The van der Waals surface area contributed by atoms with Crippen molar-refractivity contribution in [2.45, 2.75) is 13.5 Å². The van der Waals surface area contributed by atoms with E-state index in [0.29, 0.717) is 26.4 Å². The van der Waals surface area contributed by atoms with E-state index in [2.05, 4.69) is 47.9 Å². The van der Waals surface area contributed by atoms with Gasteiger partial charge in [0.15, 0.2) is 23.0 Å². The van der Waals surface area contributed by atoms with Crippen LogP contribution >= 0.6 is 22.7 Å². The van der Waals surface area contributed by atoms with Gasteiger partial charge in [0.25, 0.3) is 0 Å². The van der Waals surface area contributed by atoms with E-state index in [-0.39, 0.29) is 0 Å². The molecule has 5 aromatic rings. The fraction of sp³-hybridized carbons (Fsp3) is 0.231. The van der Waals surface area contributed by atoms with Gasteiger partial charge in [0.2, 0.25) is 0 Å². The number of aromatic nitrogens is 1. The Kier molecular flexibility index (Phi) is 4.35. The lowest BCUT2D eigenvalue weighted by Crippen LogP contribution is -2.14. The number of aryl methyl sites for hydroxylation is 1. The van der Waals surface area contributed by atoms with E-state index in [1.807, 2.05) is 10.8 Å². The van der Waals surface area contributed by atoms with Gasteiger partial charge in [0.05, 0.1) is 9.75 Å². The number of fused-ring (bicyclic) bond motifs is 5. The van der Waals surface area contributed by atoms with Gasteiger partial charge in [-0.05, 0) is 42.3 Å². The molecule has 5 nitrogen and oxygen atoms in total. The molecular formula is C26H21NO4S2. The molecule has 2 aliphatic rings. The smallest absolute Gasteiger partial charge is 0.179 e. The third kappa shape index (κ3) is 2.89. The van der Waals surface area contributed by atoms with Gasteiger partial charge in [0, 0.05) is 39.1 Å². The highest BCUT2D eigenvalue weighted by molar-refractivity contribution is 7.14. The standard InChI is InChI=1S/C26H21NO4S2/c1-2-27-19-5-3-15(25-23-21(13-32-25)28-7-9-30-23)11-17(19)18-12-16(4-6-20(18)27)26-24-22(14-33-26)29-8-10-31-24/h3-6,11-14H,2,7-10H2,1H3. The minimum Gasteiger partial charge on any atom is -0.485 e. The van der Waals surface area contributed by atoms with Crippen LogP contribution in [-0.2, 0) is 6.54 Å². The maximum Gasteiger partial charge on any atom is 0.179 e. The third-order valence-corrected chi connectivity index (χ3v) is 8.29. The van der Waals surface area contributed by atoms with Gasteiger partial charge in [-0.2, -0.15) is 0 Å². The highest BCUT2D eigenvalue weighted by Crippen LogP contribution is 2.48. The van der Waals surface area contributed by atoms with Gasteiger partial charge in [-0.15, -0.1) is 22.7 Å². The van der Waals surface area contributed by atoms with Crippen LogP contribution in [0.4, 0.5) is 0 Å². The van der Waals surface area contributed by atoms with Crippen molar-refractivity contribution in [1.82, 2.24) is 4.57 Å². The summed E-state index contributed by atoms with van der Waals surface area (Å²) < 4.78 is 25.8. The predicted molar refractivity (Wildman–Crippen MR) is 134 cm³/mol. The second-order valence-corrected chi connectivity index (χ2v) is 9.88. The molecule has 0 radical (unpaired) electrons. The quantitative estimate of drug-likeness (QED) is 0.287. The highest BCUT2D eigenvalue weighted by atomic mass is 32.1. The average Bonchev–Trinajstić information content (AvgIpc) is 3.57. The molecule has 0 bridgehead atoms. The first-order valence-corrected chi connectivity index (χ1v) is 12.9. The van der Waals surface area contributed by atoms with E-state index in [1.165, 1.54) is 21.8 Å². The van der Waals surface area contributed by atoms with Crippen LogP contribution in [0.1, 0.15) is 6.92 Å². The van der Waals surface area contributed by atoms with Crippen LogP contribution < -0.4 is 18.9 Å². The largest absolute Gasteiger partial charge is 0.485 e. The normalized spacial score (nSPS) is 14.8. The van der Waals surface area contributed by atoms with Crippen LogP contribution in [0.5, 0.6) is 23.0 Å². The molecule has 0 fully saturated rings. The number of rotatable bonds is 3. The molecule has 0 amide bonds. The molecule has 0 saturated carbocycles. The average molecular weight is 476 g/mol. The first-order valence-electron chi connectivity index (χ1n) is 11.1. The Morgan fingerprint density at radius 3 is 1.67 bits per heavy atom. The van der Waals surface area contributed by atoms with Crippen molar-refractivity contribution < 1.29 is 18.9 Å². The van der Waals surface area contributed by atoms with E-state index in [0.717, 1.165) is 50.4 Å². The van der Waals surface area contributed by atoms with Crippen molar-refractivity contribution in [2.24, 2.45) is 0 Å². The molecule has 0 saturated heterocycles. The number of benzene rings is 2. The summed E-state index contributed by atoms with van der Waals surface area (Å²) in [6.07, 6.45) is 0. The van der Waals surface area contributed by atoms with Crippen molar-refractivity contribution >= 4 is 44.5 Å². The summed E-state index contributed by atoms with van der Waals surface area (Å²) in [4.78, 5) is 2.25. The fourth-order valence-electron chi connectivity index (χ4n) is 4.85. The minimum absolute atomic E-state index is 0.592. The molecule has 5 heterocycles. The van der Waals surface area contributed by atoms with Crippen LogP contribution in [0.15, 0.2) is 47.2 Å². The van der Waals surface area contributed by atoms with E-state index in [1.54, 1.807) is 22.7 Å². The predicted octanol–water partition coefficient (Wildman–Crippen LogP) is 6.81. The second-order valence-electron chi connectivity index (χ2n) is 8.12. The summed E-state index contributed by atoms with van der Waals surface area (Å²) >= 11 is 3.35. The minimum atomic E-state index is 0.592. The van der Waals surface area contributed by atoms with Crippen LogP contribution in [0, 0.1) is 0 Å². The Balaban J connectivity index is 1.43. The lowest BCUT2D eigenvalue weighted by Gasteiger charge is -2.16. The molecule has 3 aromatic heterocycles. The Labute approximate surface area is 198 Å². The van der Waals surface area contributed by atoms with E-state index in [4.69, 9.17) is 18.9 Å². The number of hydrogen-bond acceptors (Lipinski definition) is 6. The molecule has 0 N–H and O–H groups in total. The molecule has 2 aliphatic heterocycles. The van der Waals surface area contributed by atoms with Crippen molar-refractivity contribution in [2.75, 3.05) is 26.4 Å². The molecule has 2 aromatic carbocycles. The van der Waals surface area contributed by atoms with Crippen molar-refractivity contribution in [3.05, 3.63) is 47.2 Å². The first kappa shape index (κ1) is 19.3. The fourth-order valence-corrected chi connectivity index (χ4v) is 6.71. The zero-order valence-electron chi connectivity index (χ0n) is 18.1. The molecular weight excluding hydrogens is 454 g/mol.